The Hall–Kier alpha value is -2.17. The summed E-state index contributed by atoms with van der Waals surface area (Å²) in [5, 5.41) is 3.92. The quantitative estimate of drug-likeness (QED) is 0.942. The van der Waals surface area contributed by atoms with Crippen LogP contribution in [0.15, 0.2) is 24.3 Å². The first-order chi connectivity index (χ1) is 11.1. The van der Waals surface area contributed by atoms with Crippen molar-refractivity contribution in [1.82, 2.24) is 15.3 Å². The van der Waals surface area contributed by atoms with Crippen LogP contribution in [0.5, 0.6) is 5.88 Å². The zero-order chi connectivity index (χ0) is 16.2. The third-order valence-electron chi connectivity index (χ3n) is 4.48. The first-order valence-corrected chi connectivity index (χ1v) is 8.29. The van der Waals surface area contributed by atoms with Gasteiger partial charge in [0, 0.05) is 6.04 Å². The lowest BCUT2D eigenvalue weighted by Gasteiger charge is -2.29. The summed E-state index contributed by atoms with van der Waals surface area (Å²) in [5.41, 5.74) is 0.830. The van der Waals surface area contributed by atoms with Gasteiger partial charge in [-0.25, -0.2) is 4.98 Å². The SMILES string of the molecule is Cc1nc(OCC(=O)N[C@H]2CCCC[C@H]2C)c2ccccc2n1. The highest BCUT2D eigenvalue weighted by Gasteiger charge is 2.23. The van der Waals surface area contributed by atoms with Crippen LogP contribution < -0.4 is 10.1 Å². The number of rotatable bonds is 4. The lowest BCUT2D eigenvalue weighted by molar-refractivity contribution is -0.124. The number of carbonyl (C=O) groups is 1. The van der Waals surface area contributed by atoms with E-state index in [2.05, 4.69) is 22.2 Å². The van der Waals surface area contributed by atoms with Crippen molar-refractivity contribution in [2.45, 2.75) is 45.6 Å². The maximum absolute atomic E-state index is 12.2. The summed E-state index contributed by atoms with van der Waals surface area (Å²) in [7, 11) is 0. The normalized spacial score (nSPS) is 21.1. The number of benzene rings is 1. The Bertz CT molecular complexity index is 702. The molecular formula is C18H23N3O2. The summed E-state index contributed by atoms with van der Waals surface area (Å²) in [4.78, 5) is 20.9. The van der Waals surface area contributed by atoms with Crippen LogP contribution in [-0.2, 0) is 4.79 Å². The average Bonchev–Trinajstić information content (AvgIpc) is 2.54. The zero-order valence-corrected chi connectivity index (χ0v) is 13.7. The fraction of sp³-hybridized carbons (Fsp3) is 0.500. The van der Waals surface area contributed by atoms with Crippen LogP contribution in [0.2, 0.25) is 0 Å². The van der Waals surface area contributed by atoms with E-state index < -0.39 is 0 Å². The number of ether oxygens (including phenoxy) is 1. The van der Waals surface area contributed by atoms with Gasteiger partial charge in [-0.15, -0.1) is 0 Å². The Morgan fingerprint density at radius 2 is 2.04 bits per heavy atom. The lowest BCUT2D eigenvalue weighted by Crippen LogP contribution is -2.43. The van der Waals surface area contributed by atoms with Crippen molar-refractivity contribution in [2.75, 3.05) is 6.61 Å². The van der Waals surface area contributed by atoms with Gasteiger partial charge in [0.1, 0.15) is 5.82 Å². The molecule has 122 valence electrons. The second-order valence-electron chi connectivity index (χ2n) is 6.32. The number of fused-ring (bicyclic) bond motifs is 1. The highest BCUT2D eigenvalue weighted by Crippen LogP contribution is 2.24. The number of aryl methyl sites for hydroxylation is 1. The average molecular weight is 313 g/mol. The van der Waals surface area contributed by atoms with Gasteiger partial charge in [-0.05, 0) is 37.8 Å². The summed E-state index contributed by atoms with van der Waals surface area (Å²) in [5.74, 6) is 1.57. The third kappa shape index (κ3) is 3.78. The van der Waals surface area contributed by atoms with Gasteiger partial charge in [0.25, 0.3) is 5.91 Å². The summed E-state index contributed by atoms with van der Waals surface area (Å²) in [6.07, 6.45) is 4.69. The van der Waals surface area contributed by atoms with Gasteiger partial charge in [0.05, 0.1) is 10.9 Å². The lowest BCUT2D eigenvalue weighted by atomic mass is 9.86. The Morgan fingerprint density at radius 1 is 1.26 bits per heavy atom. The molecule has 5 nitrogen and oxygen atoms in total. The van der Waals surface area contributed by atoms with Crippen molar-refractivity contribution < 1.29 is 9.53 Å². The Morgan fingerprint density at radius 3 is 2.87 bits per heavy atom. The number of nitrogens with zero attached hydrogens (tertiary/aromatic N) is 2. The molecule has 1 saturated carbocycles. The zero-order valence-electron chi connectivity index (χ0n) is 13.7. The fourth-order valence-electron chi connectivity index (χ4n) is 3.18. The monoisotopic (exact) mass is 313 g/mol. The predicted molar refractivity (Wildman–Crippen MR) is 89.3 cm³/mol. The molecule has 2 atom stereocenters. The Labute approximate surface area is 136 Å². The highest BCUT2D eigenvalue weighted by atomic mass is 16.5. The number of nitrogens with one attached hydrogen (secondary N) is 1. The molecule has 1 aromatic heterocycles. The van der Waals surface area contributed by atoms with E-state index in [-0.39, 0.29) is 18.6 Å². The molecule has 1 amide bonds. The van der Waals surface area contributed by atoms with E-state index in [0.717, 1.165) is 17.3 Å². The number of aromatic nitrogens is 2. The summed E-state index contributed by atoms with van der Waals surface area (Å²) in [6, 6.07) is 7.93. The topological polar surface area (TPSA) is 64.1 Å². The van der Waals surface area contributed by atoms with E-state index in [9.17, 15) is 4.79 Å². The molecule has 3 rings (SSSR count). The third-order valence-corrected chi connectivity index (χ3v) is 4.48. The van der Waals surface area contributed by atoms with Crippen LogP contribution in [0.4, 0.5) is 0 Å². The first kappa shape index (κ1) is 15.7. The highest BCUT2D eigenvalue weighted by molar-refractivity contribution is 5.84. The molecule has 1 aliphatic rings. The largest absolute Gasteiger partial charge is 0.467 e. The van der Waals surface area contributed by atoms with E-state index in [0.29, 0.717) is 17.6 Å². The maximum Gasteiger partial charge on any atom is 0.258 e. The molecule has 0 spiro atoms. The smallest absolute Gasteiger partial charge is 0.258 e. The van der Waals surface area contributed by atoms with E-state index >= 15 is 0 Å². The van der Waals surface area contributed by atoms with Crippen molar-refractivity contribution >= 4 is 16.8 Å². The molecule has 5 heteroatoms. The van der Waals surface area contributed by atoms with Crippen molar-refractivity contribution in [3.63, 3.8) is 0 Å². The Balaban J connectivity index is 1.65. The van der Waals surface area contributed by atoms with Crippen molar-refractivity contribution in [3.05, 3.63) is 30.1 Å². The minimum absolute atomic E-state index is 0.0103. The molecule has 0 bridgehead atoms. The number of para-hydroxylation sites is 1. The van der Waals surface area contributed by atoms with Gasteiger partial charge in [-0.2, -0.15) is 4.98 Å². The molecule has 1 aromatic carbocycles. The summed E-state index contributed by atoms with van der Waals surface area (Å²) < 4.78 is 5.68. The molecule has 0 radical (unpaired) electrons. The molecule has 1 N–H and O–H groups in total. The van der Waals surface area contributed by atoms with Crippen LogP contribution in [0.1, 0.15) is 38.4 Å². The molecule has 0 saturated heterocycles. The molecule has 0 unspecified atom stereocenters. The van der Waals surface area contributed by atoms with Gasteiger partial charge < -0.3 is 10.1 Å². The number of hydrogen-bond acceptors (Lipinski definition) is 4. The molecule has 1 aliphatic carbocycles. The first-order valence-electron chi connectivity index (χ1n) is 8.29. The minimum atomic E-state index is -0.0795. The van der Waals surface area contributed by atoms with Crippen molar-refractivity contribution in [2.24, 2.45) is 5.92 Å². The predicted octanol–water partition coefficient (Wildman–Crippen LogP) is 3.01. The second-order valence-corrected chi connectivity index (χ2v) is 6.32. The summed E-state index contributed by atoms with van der Waals surface area (Å²) in [6.45, 7) is 4.01. The van der Waals surface area contributed by atoms with Crippen molar-refractivity contribution in [3.8, 4) is 5.88 Å². The van der Waals surface area contributed by atoms with Gasteiger partial charge >= 0.3 is 0 Å². The van der Waals surface area contributed by atoms with Crippen molar-refractivity contribution in [1.29, 1.82) is 0 Å². The van der Waals surface area contributed by atoms with Crippen LogP contribution in [0, 0.1) is 12.8 Å². The van der Waals surface area contributed by atoms with Crippen LogP contribution in [0.3, 0.4) is 0 Å². The van der Waals surface area contributed by atoms with Crippen LogP contribution in [0.25, 0.3) is 10.9 Å². The molecule has 0 aliphatic heterocycles. The van der Waals surface area contributed by atoms with Crippen LogP contribution >= 0.6 is 0 Å². The van der Waals surface area contributed by atoms with Crippen LogP contribution in [-0.4, -0.2) is 28.5 Å². The standard InChI is InChI=1S/C18H23N3O2/c1-12-7-3-5-9-15(12)21-17(22)11-23-18-14-8-4-6-10-16(14)19-13(2)20-18/h4,6,8,10,12,15H,3,5,7,9,11H2,1-2H3,(H,21,22)/t12-,15+/m1/s1. The number of carbonyl (C=O) groups excluding carboxylic acids is 1. The van der Waals surface area contributed by atoms with Gasteiger partial charge in [-0.1, -0.05) is 31.9 Å². The van der Waals surface area contributed by atoms with Gasteiger partial charge in [0.2, 0.25) is 5.88 Å². The molecular weight excluding hydrogens is 290 g/mol. The van der Waals surface area contributed by atoms with E-state index in [4.69, 9.17) is 4.74 Å². The number of hydrogen-bond donors (Lipinski definition) is 1. The van der Waals surface area contributed by atoms with E-state index in [1.807, 2.05) is 31.2 Å². The molecule has 1 fully saturated rings. The number of amides is 1. The molecule has 2 aromatic rings. The van der Waals surface area contributed by atoms with E-state index in [1.165, 1.54) is 19.3 Å². The Kier molecular flexibility index (Phi) is 4.74. The minimum Gasteiger partial charge on any atom is -0.467 e. The summed E-state index contributed by atoms with van der Waals surface area (Å²) >= 11 is 0. The van der Waals surface area contributed by atoms with Gasteiger partial charge in [0.15, 0.2) is 6.61 Å². The van der Waals surface area contributed by atoms with E-state index in [1.54, 1.807) is 0 Å². The maximum atomic E-state index is 12.2. The second kappa shape index (κ2) is 6.94. The fourth-order valence-corrected chi connectivity index (χ4v) is 3.18. The molecule has 1 heterocycles. The van der Waals surface area contributed by atoms with Gasteiger partial charge in [-0.3, -0.25) is 4.79 Å². The molecule has 23 heavy (non-hydrogen) atoms.